The van der Waals surface area contributed by atoms with Crippen LogP contribution in [0.25, 0.3) is 0 Å². The Morgan fingerprint density at radius 3 is 2.68 bits per heavy atom. The van der Waals surface area contributed by atoms with Gasteiger partial charge in [0.15, 0.2) is 0 Å². The number of amides is 2. The number of rotatable bonds is 6. The molecule has 0 fully saturated rings. The van der Waals surface area contributed by atoms with Gasteiger partial charge in [-0.2, -0.15) is 0 Å². The van der Waals surface area contributed by atoms with Crippen molar-refractivity contribution in [2.24, 2.45) is 0 Å². The molecule has 0 radical (unpaired) electrons. The van der Waals surface area contributed by atoms with Crippen molar-refractivity contribution in [3.05, 3.63) is 41.7 Å². The number of carbonyl (C=O) groups is 2. The summed E-state index contributed by atoms with van der Waals surface area (Å²) in [5, 5.41) is 20.6. The Labute approximate surface area is 126 Å². The van der Waals surface area contributed by atoms with Crippen LogP contribution in [0.5, 0.6) is 0 Å². The van der Waals surface area contributed by atoms with Gasteiger partial charge in [-0.05, 0) is 25.1 Å². The van der Waals surface area contributed by atoms with Gasteiger partial charge in [0, 0.05) is 23.1 Å². The largest absolute Gasteiger partial charge is 0.491 e. The topological polar surface area (TPSA) is 108 Å². The van der Waals surface area contributed by atoms with Gasteiger partial charge < -0.3 is 15.4 Å². The second-order valence-electron chi connectivity index (χ2n) is 4.40. The molecule has 0 spiro atoms. The first-order valence-electron chi connectivity index (χ1n) is 6.32. The van der Waals surface area contributed by atoms with Crippen LogP contribution in [-0.2, 0) is 9.63 Å². The van der Waals surface area contributed by atoms with Crippen molar-refractivity contribution in [1.29, 1.82) is 0 Å². The van der Waals surface area contributed by atoms with E-state index >= 15 is 0 Å². The molecule has 0 aliphatic rings. The van der Waals surface area contributed by atoms with Crippen LogP contribution in [0.3, 0.4) is 0 Å². The molecule has 0 saturated carbocycles. The Morgan fingerprint density at radius 1 is 1.41 bits per heavy atom. The molecule has 1 aromatic rings. The maximum atomic E-state index is 13.3. The summed E-state index contributed by atoms with van der Waals surface area (Å²) in [5.74, 6) is -1.86. The first-order chi connectivity index (χ1) is 10.3. The van der Waals surface area contributed by atoms with Crippen molar-refractivity contribution < 1.29 is 28.9 Å². The molecular formula is C13H16BFN2O5. The summed E-state index contributed by atoms with van der Waals surface area (Å²) in [4.78, 5) is 27.5. The number of hydrogen-bond donors (Lipinski definition) is 4. The van der Waals surface area contributed by atoms with Crippen LogP contribution in [0.1, 0.15) is 17.3 Å². The average Bonchev–Trinajstić information content (AvgIpc) is 2.45. The van der Waals surface area contributed by atoms with Gasteiger partial charge in [0.2, 0.25) is 0 Å². The minimum Gasteiger partial charge on any atom is -0.423 e. The number of benzene rings is 1. The van der Waals surface area contributed by atoms with Gasteiger partial charge in [-0.3, -0.25) is 14.4 Å². The van der Waals surface area contributed by atoms with Gasteiger partial charge in [-0.15, -0.1) is 0 Å². The van der Waals surface area contributed by atoms with E-state index < -0.39 is 36.3 Å². The molecule has 0 bridgehead atoms. The van der Waals surface area contributed by atoms with Gasteiger partial charge in [0.25, 0.3) is 11.8 Å². The van der Waals surface area contributed by atoms with E-state index in [0.717, 1.165) is 12.1 Å². The van der Waals surface area contributed by atoms with Crippen molar-refractivity contribution in [3.8, 4) is 0 Å². The molecule has 9 heteroatoms. The minimum absolute atomic E-state index is 0.0612. The predicted molar refractivity (Wildman–Crippen MR) is 77.4 cm³/mol. The standard InChI is InChI=1S/C13H16BFN2O5/c1-8(3-6-12(18)17-22-2)16-13(19)9-4-5-11(15)10(7-9)14(20)21/h3-8,20-21H,1-2H3,(H,16,19)(H,17,18)/b6-3+. The second-order valence-corrected chi connectivity index (χ2v) is 4.40. The fourth-order valence-electron chi connectivity index (χ4n) is 1.59. The van der Waals surface area contributed by atoms with E-state index in [2.05, 4.69) is 15.6 Å². The third-order valence-electron chi connectivity index (χ3n) is 2.63. The molecule has 0 aliphatic heterocycles. The summed E-state index contributed by atoms with van der Waals surface area (Å²) in [6.45, 7) is 1.62. The van der Waals surface area contributed by atoms with E-state index in [-0.39, 0.29) is 5.56 Å². The highest BCUT2D eigenvalue weighted by molar-refractivity contribution is 6.58. The summed E-state index contributed by atoms with van der Waals surface area (Å²) < 4.78 is 13.3. The number of halogens is 1. The maximum absolute atomic E-state index is 13.3. The molecule has 7 nitrogen and oxygen atoms in total. The lowest BCUT2D eigenvalue weighted by atomic mass is 9.79. The third kappa shape index (κ3) is 5.28. The highest BCUT2D eigenvalue weighted by Gasteiger charge is 2.19. The molecule has 0 heterocycles. The molecule has 1 unspecified atom stereocenters. The third-order valence-corrected chi connectivity index (χ3v) is 2.63. The Kier molecular flexibility index (Phi) is 6.70. The summed E-state index contributed by atoms with van der Waals surface area (Å²) in [6, 6.07) is 2.74. The number of carbonyl (C=O) groups excluding carboxylic acids is 2. The molecule has 22 heavy (non-hydrogen) atoms. The lowest BCUT2D eigenvalue weighted by Crippen LogP contribution is -2.36. The van der Waals surface area contributed by atoms with E-state index in [1.807, 2.05) is 0 Å². The zero-order valence-corrected chi connectivity index (χ0v) is 12.0. The molecule has 1 atom stereocenters. The van der Waals surface area contributed by atoms with Gasteiger partial charge in [0.1, 0.15) is 5.82 Å². The van der Waals surface area contributed by atoms with Crippen molar-refractivity contribution in [2.45, 2.75) is 13.0 Å². The molecular weight excluding hydrogens is 294 g/mol. The lowest BCUT2D eigenvalue weighted by molar-refractivity contribution is -0.126. The molecule has 1 rings (SSSR count). The molecule has 1 aromatic carbocycles. The maximum Gasteiger partial charge on any atom is 0.491 e. The van der Waals surface area contributed by atoms with E-state index in [1.165, 1.54) is 25.3 Å². The monoisotopic (exact) mass is 310 g/mol. The van der Waals surface area contributed by atoms with Gasteiger partial charge in [-0.1, -0.05) is 6.08 Å². The van der Waals surface area contributed by atoms with Crippen LogP contribution in [0.2, 0.25) is 0 Å². The van der Waals surface area contributed by atoms with Gasteiger partial charge in [0.05, 0.1) is 7.11 Å². The molecule has 0 aromatic heterocycles. The predicted octanol–water partition coefficient (Wildman–Crippen LogP) is -1.14. The van der Waals surface area contributed by atoms with Crippen LogP contribution in [-0.4, -0.2) is 42.1 Å². The van der Waals surface area contributed by atoms with Crippen molar-refractivity contribution in [3.63, 3.8) is 0 Å². The number of hydroxylamine groups is 1. The van der Waals surface area contributed by atoms with Crippen LogP contribution in [0.4, 0.5) is 4.39 Å². The second kappa shape index (κ2) is 8.27. The van der Waals surface area contributed by atoms with E-state index in [0.29, 0.717) is 0 Å². The first-order valence-corrected chi connectivity index (χ1v) is 6.32. The summed E-state index contributed by atoms with van der Waals surface area (Å²) in [7, 11) is -0.721. The Morgan fingerprint density at radius 2 is 2.09 bits per heavy atom. The lowest BCUT2D eigenvalue weighted by Gasteiger charge is -2.11. The van der Waals surface area contributed by atoms with Crippen molar-refractivity contribution in [2.75, 3.05) is 7.11 Å². The molecule has 4 N–H and O–H groups in total. The van der Waals surface area contributed by atoms with Gasteiger partial charge >= 0.3 is 7.12 Å². The van der Waals surface area contributed by atoms with Crippen LogP contribution in [0, 0.1) is 5.82 Å². The average molecular weight is 310 g/mol. The van der Waals surface area contributed by atoms with Crippen LogP contribution < -0.4 is 16.3 Å². The Balaban J connectivity index is 2.73. The molecule has 0 saturated heterocycles. The smallest absolute Gasteiger partial charge is 0.423 e. The summed E-state index contributed by atoms with van der Waals surface area (Å²) in [5.41, 5.74) is 1.74. The summed E-state index contributed by atoms with van der Waals surface area (Å²) in [6.07, 6.45) is 2.61. The minimum atomic E-state index is -2.01. The highest BCUT2D eigenvalue weighted by Crippen LogP contribution is 2.02. The van der Waals surface area contributed by atoms with Crippen LogP contribution in [0.15, 0.2) is 30.4 Å². The first kappa shape index (κ1) is 17.8. The fourth-order valence-corrected chi connectivity index (χ4v) is 1.59. The zero-order valence-electron chi connectivity index (χ0n) is 12.0. The van der Waals surface area contributed by atoms with E-state index in [9.17, 15) is 14.0 Å². The Bertz CT molecular complexity index is 580. The zero-order chi connectivity index (χ0) is 16.7. The summed E-state index contributed by atoms with van der Waals surface area (Å²) >= 11 is 0. The number of nitrogens with one attached hydrogen (secondary N) is 2. The van der Waals surface area contributed by atoms with Crippen molar-refractivity contribution >= 4 is 24.4 Å². The van der Waals surface area contributed by atoms with Crippen LogP contribution >= 0.6 is 0 Å². The SMILES string of the molecule is CONC(=O)/C=C/C(C)NC(=O)c1ccc(F)c(B(O)O)c1. The molecule has 118 valence electrons. The van der Waals surface area contributed by atoms with E-state index in [4.69, 9.17) is 10.0 Å². The van der Waals surface area contributed by atoms with Crippen molar-refractivity contribution in [1.82, 2.24) is 10.8 Å². The Hall–Kier alpha value is -2.23. The molecule has 2 amide bonds. The number of hydrogen-bond acceptors (Lipinski definition) is 5. The normalized spacial score (nSPS) is 12.0. The van der Waals surface area contributed by atoms with Gasteiger partial charge in [-0.25, -0.2) is 9.87 Å². The highest BCUT2D eigenvalue weighted by atomic mass is 19.1. The fraction of sp³-hybridized carbons (Fsp3) is 0.231. The molecule has 0 aliphatic carbocycles. The van der Waals surface area contributed by atoms with E-state index in [1.54, 1.807) is 6.92 Å². The quantitative estimate of drug-likeness (QED) is 0.302.